The number of esters is 2. The highest BCUT2D eigenvalue weighted by molar-refractivity contribution is 6.30. The van der Waals surface area contributed by atoms with Crippen molar-refractivity contribution in [2.45, 2.75) is 19.8 Å². The third-order valence-corrected chi connectivity index (χ3v) is 4.24. The molecule has 0 unspecified atom stereocenters. The van der Waals surface area contributed by atoms with Gasteiger partial charge in [0.25, 0.3) is 0 Å². The first-order chi connectivity index (χ1) is 13.8. The number of aryl methyl sites for hydroxylation is 1. The van der Waals surface area contributed by atoms with Crippen molar-refractivity contribution in [2.24, 2.45) is 0 Å². The number of carbonyl (C=O) groups is 3. The maximum atomic E-state index is 12.2. The molecule has 7 nitrogen and oxygen atoms in total. The molecule has 154 valence electrons. The second-order valence-electron chi connectivity index (χ2n) is 6.19. The number of hydrogen-bond acceptors (Lipinski definition) is 6. The largest absolute Gasteiger partial charge is 0.493 e. The zero-order valence-corrected chi connectivity index (χ0v) is 17.2. The van der Waals surface area contributed by atoms with Gasteiger partial charge in [0, 0.05) is 17.1 Å². The minimum atomic E-state index is -0.627. The number of methoxy groups -OCH3 is 2. The van der Waals surface area contributed by atoms with Gasteiger partial charge in [-0.25, -0.2) is 9.59 Å². The molecule has 0 aromatic heterocycles. The second-order valence-corrected chi connectivity index (χ2v) is 6.63. The van der Waals surface area contributed by atoms with Crippen LogP contribution in [-0.2, 0) is 14.3 Å². The first-order valence-corrected chi connectivity index (χ1v) is 9.22. The Balaban J connectivity index is 1.95. The average molecular weight is 420 g/mol. The summed E-state index contributed by atoms with van der Waals surface area (Å²) in [5, 5.41) is 3.30. The standard InChI is InChI=1S/C21H22ClNO6/c1-13-9-16(22)6-7-18(13)29-8-4-5-19(24)23-17-11-14(20(25)27-2)10-15(12-17)21(26)28-3/h6-7,9-12H,4-5,8H2,1-3H3,(H,23,24). The normalized spacial score (nSPS) is 10.2. The predicted molar refractivity (Wildman–Crippen MR) is 109 cm³/mol. The molecule has 2 aromatic rings. The summed E-state index contributed by atoms with van der Waals surface area (Å²) in [6, 6.07) is 9.54. The third kappa shape index (κ3) is 6.50. The second kappa shape index (κ2) is 10.5. The molecule has 0 heterocycles. The lowest BCUT2D eigenvalue weighted by atomic mass is 10.1. The number of amides is 1. The molecule has 0 aliphatic rings. The summed E-state index contributed by atoms with van der Waals surface area (Å²) in [5.41, 5.74) is 1.48. The predicted octanol–water partition coefficient (Wildman–Crippen LogP) is 4.02. The molecule has 2 rings (SSSR count). The van der Waals surface area contributed by atoms with E-state index in [1.807, 2.05) is 6.92 Å². The fourth-order valence-corrected chi connectivity index (χ4v) is 2.81. The van der Waals surface area contributed by atoms with E-state index < -0.39 is 11.9 Å². The lowest BCUT2D eigenvalue weighted by Gasteiger charge is -2.11. The topological polar surface area (TPSA) is 90.9 Å². The molecule has 0 saturated carbocycles. The SMILES string of the molecule is COC(=O)c1cc(NC(=O)CCCOc2ccc(Cl)cc2C)cc(C(=O)OC)c1. The Morgan fingerprint density at radius 3 is 2.14 bits per heavy atom. The Kier molecular flexibility index (Phi) is 8.03. The number of rotatable bonds is 8. The summed E-state index contributed by atoms with van der Waals surface area (Å²) in [5.74, 6) is -0.821. The van der Waals surface area contributed by atoms with Gasteiger partial charge in [-0.1, -0.05) is 11.6 Å². The molecule has 1 amide bonds. The van der Waals surface area contributed by atoms with Crippen LogP contribution in [-0.4, -0.2) is 38.7 Å². The zero-order valence-electron chi connectivity index (χ0n) is 16.4. The van der Waals surface area contributed by atoms with Crippen LogP contribution in [0.5, 0.6) is 5.75 Å². The van der Waals surface area contributed by atoms with Crippen LogP contribution in [0, 0.1) is 6.92 Å². The Labute approximate surface area is 173 Å². The number of ether oxygens (including phenoxy) is 3. The Bertz CT molecular complexity index is 878. The highest BCUT2D eigenvalue weighted by Gasteiger charge is 2.15. The third-order valence-electron chi connectivity index (χ3n) is 4.00. The highest BCUT2D eigenvalue weighted by atomic mass is 35.5. The van der Waals surface area contributed by atoms with Crippen molar-refractivity contribution >= 4 is 35.1 Å². The maximum absolute atomic E-state index is 12.2. The van der Waals surface area contributed by atoms with Gasteiger partial charge in [-0.05, 0) is 55.3 Å². The number of nitrogens with one attached hydrogen (secondary N) is 1. The quantitative estimate of drug-likeness (QED) is 0.513. The van der Waals surface area contributed by atoms with Crippen LogP contribution in [0.2, 0.25) is 5.02 Å². The van der Waals surface area contributed by atoms with Crippen molar-refractivity contribution < 1.29 is 28.6 Å². The number of halogens is 1. The van der Waals surface area contributed by atoms with E-state index in [2.05, 4.69) is 14.8 Å². The van der Waals surface area contributed by atoms with Gasteiger partial charge in [-0.2, -0.15) is 0 Å². The minimum absolute atomic E-state index is 0.132. The molecule has 0 atom stereocenters. The van der Waals surface area contributed by atoms with Crippen molar-refractivity contribution in [1.29, 1.82) is 0 Å². The molecule has 0 bridgehead atoms. The fraction of sp³-hybridized carbons (Fsp3) is 0.286. The van der Waals surface area contributed by atoms with Crippen LogP contribution in [0.3, 0.4) is 0 Å². The van der Waals surface area contributed by atoms with Crippen LogP contribution in [0.1, 0.15) is 39.1 Å². The van der Waals surface area contributed by atoms with E-state index in [1.165, 1.54) is 32.4 Å². The van der Waals surface area contributed by atoms with E-state index in [4.69, 9.17) is 16.3 Å². The molecular formula is C21H22ClNO6. The number of hydrogen-bond donors (Lipinski definition) is 1. The van der Waals surface area contributed by atoms with Gasteiger partial charge in [-0.15, -0.1) is 0 Å². The molecule has 29 heavy (non-hydrogen) atoms. The summed E-state index contributed by atoms with van der Waals surface area (Å²) >= 11 is 5.91. The van der Waals surface area contributed by atoms with Crippen LogP contribution in [0.15, 0.2) is 36.4 Å². The smallest absolute Gasteiger partial charge is 0.337 e. The van der Waals surface area contributed by atoms with E-state index in [0.717, 1.165) is 5.56 Å². The molecular weight excluding hydrogens is 398 g/mol. The maximum Gasteiger partial charge on any atom is 0.337 e. The molecule has 1 N–H and O–H groups in total. The van der Waals surface area contributed by atoms with Crippen LogP contribution < -0.4 is 10.1 Å². The average Bonchev–Trinajstić information content (AvgIpc) is 2.70. The molecule has 0 aliphatic heterocycles. The Morgan fingerprint density at radius 2 is 1.59 bits per heavy atom. The van der Waals surface area contributed by atoms with E-state index in [0.29, 0.717) is 29.5 Å². The first kappa shape index (κ1) is 22.2. The summed E-state index contributed by atoms with van der Waals surface area (Å²) in [7, 11) is 2.46. The first-order valence-electron chi connectivity index (χ1n) is 8.84. The molecule has 2 aromatic carbocycles. The number of carbonyl (C=O) groups excluding carboxylic acids is 3. The molecule has 8 heteroatoms. The van der Waals surface area contributed by atoms with Crippen molar-refractivity contribution in [1.82, 2.24) is 0 Å². The van der Waals surface area contributed by atoms with Gasteiger partial charge < -0.3 is 19.5 Å². The van der Waals surface area contributed by atoms with Crippen molar-refractivity contribution in [2.75, 3.05) is 26.1 Å². The lowest BCUT2D eigenvalue weighted by molar-refractivity contribution is -0.116. The van der Waals surface area contributed by atoms with E-state index >= 15 is 0 Å². The number of benzene rings is 2. The number of anilines is 1. The molecule has 0 fully saturated rings. The summed E-state index contributed by atoms with van der Waals surface area (Å²) < 4.78 is 15.0. The van der Waals surface area contributed by atoms with Crippen LogP contribution in [0.4, 0.5) is 5.69 Å². The van der Waals surface area contributed by atoms with Gasteiger partial charge in [0.2, 0.25) is 5.91 Å². The Morgan fingerprint density at radius 1 is 0.966 bits per heavy atom. The van der Waals surface area contributed by atoms with Gasteiger partial charge in [-0.3, -0.25) is 4.79 Å². The minimum Gasteiger partial charge on any atom is -0.493 e. The zero-order chi connectivity index (χ0) is 21.4. The van der Waals surface area contributed by atoms with Crippen LogP contribution >= 0.6 is 11.6 Å². The van der Waals surface area contributed by atoms with E-state index in [-0.39, 0.29) is 23.5 Å². The van der Waals surface area contributed by atoms with Gasteiger partial charge in [0.05, 0.1) is 32.0 Å². The molecule has 0 spiro atoms. The molecule has 0 radical (unpaired) electrons. The fourth-order valence-electron chi connectivity index (χ4n) is 2.58. The molecule has 0 saturated heterocycles. The molecule has 0 aliphatic carbocycles. The van der Waals surface area contributed by atoms with Crippen molar-refractivity contribution in [3.8, 4) is 5.75 Å². The van der Waals surface area contributed by atoms with Crippen molar-refractivity contribution in [3.63, 3.8) is 0 Å². The van der Waals surface area contributed by atoms with Gasteiger partial charge in [0.1, 0.15) is 5.75 Å². The van der Waals surface area contributed by atoms with Gasteiger partial charge >= 0.3 is 11.9 Å². The summed E-state index contributed by atoms with van der Waals surface area (Å²) in [6.07, 6.45) is 0.678. The van der Waals surface area contributed by atoms with E-state index in [9.17, 15) is 14.4 Å². The van der Waals surface area contributed by atoms with Crippen molar-refractivity contribution in [3.05, 3.63) is 58.1 Å². The van der Waals surface area contributed by atoms with Gasteiger partial charge in [0.15, 0.2) is 0 Å². The highest BCUT2D eigenvalue weighted by Crippen LogP contribution is 2.22. The summed E-state index contributed by atoms with van der Waals surface area (Å²) in [6.45, 7) is 2.24. The summed E-state index contributed by atoms with van der Waals surface area (Å²) in [4.78, 5) is 35.8. The monoisotopic (exact) mass is 419 g/mol. The Hall–Kier alpha value is -3.06. The lowest BCUT2D eigenvalue weighted by Crippen LogP contribution is -2.15. The van der Waals surface area contributed by atoms with E-state index in [1.54, 1.807) is 18.2 Å². The van der Waals surface area contributed by atoms with Crippen LogP contribution in [0.25, 0.3) is 0 Å².